The molecule has 0 bridgehead atoms. The van der Waals surface area contributed by atoms with Gasteiger partial charge in [-0.15, -0.1) is 0 Å². The molecule has 0 fully saturated rings. The maximum atomic E-state index is 10.1. The summed E-state index contributed by atoms with van der Waals surface area (Å²) in [6, 6.07) is 0. The SMILES string of the molecule is CCC(N)(N)CCC(=O)O. The van der Waals surface area contributed by atoms with Gasteiger partial charge in [0.15, 0.2) is 0 Å². The third-order valence-electron chi connectivity index (χ3n) is 1.46. The van der Waals surface area contributed by atoms with Crippen molar-refractivity contribution in [3.63, 3.8) is 0 Å². The summed E-state index contributed by atoms with van der Waals surface area (Å²) in [5, 5.41) is 8.26. The van der Waals surface area contributed by atoms with E-state index in [4.69, 9.17) is 16.6 Å². The Labute approximate surface area is 60.2 Å². The van der Waals surface area contributed by atoms with Gasteiger partial charge in [-0.3, -0.25) is 4.79 Å². The fraction of sp³-hybridized carbons (Fsp3) is 0.833. The van der Waals surface area contributed by atoms with Gasteiger partial charge in [0.1, 0.15) is 0 Å². The Morgan fingerprint density at radius 1 is 1.60 bits per heavy atom. The fourth-order valence-electron chi connectivity index (χ4n) is 0.516. The van der Waals surface area contributed by atoms with Crippen LogP contribution in [-0.2, 0) is 4.79 Å². The van der Waals surface area contributed by atoms with E-state index in [9.17, 15) is 4.79 Å². The second kappa shape index (κ2) is 3.53. The van der Waals surface area contributed by atoms with E-state index in [-0.39, 0.29) is 6.42 Å². The monoisotopic (exact) mass is 146 g/mol. The average Bonchev–Trinajstić information content (AvgIpc) is 1.85. The van der Waals surface area contributed by atoms with E-state index >= 15 is 0 Å². The summed E-state index contributed by atoms with van der Waals surface area (Å²) in [7, 11) is 0. The zero-order valence-corrected chi connectivity index (χ0v) is 6.13. The van der Waals surface area contributed by atoms with E-state index in [1.807, 2.05) is 6.92 Å². The van der Waals surface area contributed by atoms with Gasteiger partial charge in [0.2, 0.25) is 0 Å². The zero-order chi connectivity index (χ0) is 8.20. The first kappa shape index (κ1) is 9.39. The number of rotatable bonds is 4. The minimum absolute atomic E-state index is 0.0425. The lowest BCUT2D eigenvalue weighted by atomic mass is 10.0. The van der Waals surface area contributed by atoms with Crippen LogP contribution in [0.15, 0.2) is 0 Å². The number of carboxylic acid groups (broad SMARTS) is 1. The third kappa shape index (κ3) is 4.29. The molecule has 0 radical (unpaired) electrons. The van der Waals surface area contributed by atoms with E-state index in [0.29, 0.717) is 12.8 Å². The third-order valence-corrected chi connectivity index (χ3v) is 1.46. The van der Waals surface area contributed by atoms with Crippen LogP contribution in [0.5, 0.6) is 0 Å². The van der Waals surface area contributed by atoms with Gasteiger partial charge in [0, 0.05) is 6.42 Å². The molecule has 0 saturated heterocycles. The lowest BCUT2D eigenvalue weighted by Crippen LogP contribution is -2.48. The standard InChI is InChI=1S/C6H14N2O2/c1-2-6(7,8)4-3-5(9)10/h2-4,7-8H2,1H3,(H,9,10). The number of aliphatic carboxylic acids is 1. The molecule has 4 nitrogen and oxygen atoms in total. The summed E-state index contributed by atoms with van der Waals surface area (Å²) in [5.41, 5.74) is 10.2. The van der Waals surface area contributed by atoms with E-state index in [2.05, 4.69) is 0 Å². The molecule has 0 aliphatic rings. The van der Waals surface area contributed by atoms with Crippen LogP contribution in [0.4, 0.5) is 0 Å². The van der Waals surface area contributed by atoms with Crippen LogP contribution in [0.25, 0.3) is 0 Å². The maximum absolute atomic E-state index is 10.1. The zero-order valence-electron chi connectivity index (χ0n) is 6.13. The first-order valence-electron chi connectivity index (χ1n) is 3.27. The van der Waals surface area contributed by atoms with Crippen molar-refractivity contribution in [2.75, 3.05) is 0 Å². The summed E-state index contributed by atoms with van der Waals surface area (Å²) in [5.74, 6) is -0.853. The van der Waals surface area contributed by atoms with Gasteiger partial charge in [0.25, 0.3) is 0 Å². The summed E-state index contributed by atoms with van der Waals surface area (Å²) < 4.78 is 0. The molecular formula is C6H14N2O2. The molecular weight excluding hydrogens is 132 g/mol. The number of carbonyl (C=O) groups is 1. The molecule has 0 aromatic rings. The van der Waals surface area contributed by atoms with Gasteiger partial charge in [-0.1, -0.05) is 6.92 Å². The van der Waals surface area contributed by atoms with E-state index in [1.54, 1.807) is 0 Å². The largest absolute Gasteiger partial charge is 0.481 e. The van der Waals surface area contributed by atoms with Gasteiger partial charge < -0.3 is 16.6 Å². The van der Waals surface area contributed by atoms with Crippen molar-refractivity contribution in [1.82, 2.24) is 0 Å². The van der Waals surface area contributed by atoms with Crippen LogP contribution in [-0.4, -0.2) is 16.7 Å². The molecule has 0 amide bonds. The first-order chi connectivity index (χ1) is 4.48. The molecule has 60 valence electrons. The van der Waals surface area contributed by atoms with Gasteiger partial charge >= 0.3 is 5.97 Å². The quantitative estimate of drug-likeness (QED) is 0.482. The molecule has 0 aromatic carbocycles. The number of nitrogens with two attached hydrogens (primary N) is 2. The highest BCUT2D eigenvalue weighted by Crippen LogP contribution is 2.05. The van der Waals surface area contributed by atoms with Gasteiger partial charge in [0.05, 0.1) is 5.66 Å². The van der Waals surface area contributed by atoms with Crippen molar-refractivity contribution in [2.24, 2.45) is 11.5 Å². The second-order valence-electron chi connectivity index (χ2n) is 2.48. The molecule has 0 spiro atoms. The molecule has 0 aliphatic heterocycles. The van der Waals surface area contributed by atoms with E-state index in [1.165, 1.54) is 0 Å². The smallest absolute Gasteiger partial charge is 0.303 e. The topological polar surface area (TPSA) is 89.3 Å². The predicted molar refractivity (Wildman–Crippen MR) is 38.3 cm³/mol. The number of hydrogen-bond acceptors (Lipinski definition) is 3. The van der Waals surface area contributed by atoms with Crippen LogP contribution in [0.3, 0.4) is 0 Å². The Morgan fingerprint density at radius 3 is 2.40 bits per heavy atom. The van der Waals surface area contributed by atoms with Crippen molar-refractivity contribution in [1.29, 1.82) is 0 Å². The summed E-state index contributed by atoms with van der Waals surface area (Å²) in [4.78, 5) is 10.1. The molecule has 5 N–H and O–H groups in total. The fourth-order valence-corrected chi connectivity index (χ4v) is 0.516. The first-order valence-corrected chi connectivity index (χ1v) is 3.27. The molecule has 0 aromatic heterocycles. The predicted octanol–water partition coefficient (Wildman–Crippen LogP) is -0.125. The van der Waals surface area contributed by atoms with Crippen molar-refractivity contribution in [3.8, 4) is 0 Å². The Morgan fingerprint density at radius 2 is 2.10 bits per heavy atom. The molecule has 0 aliphatic carbocycles. The normalized spacial score (nSPS) is 11.5. The Hall–Kier alpha value is -0.610. The van der Waals surface area contributed by atoms with E-state index < -0.39 is 11.6 Å². The van der Waals surface area contributed by atoms with Crippen LogP contribution in [0.1, 0.15) is 26.2 Å². The highest BCUT2D eigenvalue weighted by atomic mass is 16.4. The van der Waals surface area contributed by atoms with Crippen LogP contribution in [0, 0.1) is 0 Å². The van der Waals surface area contributed by atoms with Gasteiger partial charge in [-0.05, 0) is 12.8 Å². The van der Waals surface area contributed by atoms with E-state index in [0.717, 1.165) is 0 Å². The van der Waals surface area contributed by atoms with Gasteiger partial charge in [-0.2, -0.15) is 0 Å². The lowest BCUT2D eigenvalue weighted by Gasteiger charge is -2.20. The highest BCUT2D eigenvalue weighted by molar-refractivity contribution is 5.66. The van der Waals surface area contributed by atoms with Crippen LogP contribution in [0.2, 0.25) is 0 Å². The molecule has 0 rings (SSSR count). The summed E-state index contributed by atoms with van der Waals surface area (Å²) >= 11 is 0. The lowest BCUT2D eigenvalue weighted by molar-refractivity contribution is -0.137. The van der Waals surface area contributed by atoms with Crippen molar-refractivity contribution >= 4 is 5.97 Å². The minimum Gasteiger partial charge on any atom is -0.481 e. The summed E-state index contributed by atoms with van der Waals surface area (Å²) in [6.45, 7) is 1.84. The maximum Gasteiger partial charge on any atom is 0.303 e. The van der Waals surface area contributed by atoms with Crippen LogP contribution >= 0.6 is 0 Å². The second-order valence-corrected chi connectivity index (χ2v) is 2.48. The summed E-state index contributed by atoms with van der Waals surface area (Å²) in [6.07, 6.45) is 0.972. The van der Waals surface area contributed by atoms with Crippen molar-refractivity contribution in [3.05, 3.63) is 0 Å². The van der Waals surface area contributed by atoms with Gasteiger partial charge in [-0.25, -0.2) is 0 Å². The Bertz CT molecular complexity index is 123. The molecule has 0 atom stereocenters. The minimum atomic E-state index is -0.853. The Balaban J connectivity index is 3.56. The Kier molecular flexibility index (Phi) is 3.32. The number of carboxylic acids is 1. The molecule has 0 heterocycles. The van der Waals surface area contributed by atoms with Crippen LogP contribution < -0.4 is 11.5 Å². The number of hydrogen-bond donors (Lipinski definition) is 3. The van der Waals surface area contributed by atoms with Crippen molar-refractivity contribution < 1.29 is 9.90 Å². The van der Waals surface area contributed by atoms with Crippen molar-refractivity contribution in [2.45, 2.75) is 31.8 Å². The molecule has 4 heteroatoms. The molecule has 0 unspecified atom stereocenters. The highest BCUT2D eigenvalue weighted by Gasteiger charge is 2.16. The molecule has 0 saturated carbocycles. The average molecular weight is 146 g/mol. The molecule has 10 heavy (non-hydrogen) atoms.